The minimum atomic E-state index is -0.251. The maximum Gasteiger partial charge on any atom is 0.258 e. The van der Waals surface area contributed by atoms with Gasteiger partial charge in [-0.2, -0.15) is 10.4 Å². The Morgan fingerprint density at radius 3 is 2.78 bits per heavy atom. The largest absolute Gasteiger partial charge is 0.307 e. The second-order valence-corrected chi connectivity index (χ2v) is 7.01. The van der Waals surface area contributed by atoms with E-state index in [2.05, 4.69) is 37.4 Å². The van der Waals surface area contributed by atoms with Crippen molar-refractivity contribution in [2.75, 3.05) is 5.32 Å². The number of anilines is 1. The molecule has 2 heterocycles. The lowest BCUT2D eigenvalue weighted by Gasteiger charge is -2.10. The van der Waals surface area contributed by atoms with Crippen molar-refractivity contribution in [1.82, 2.24) is 14.8 Å². The Labute approximate surface area is 166 Å². The molecule has 0 saturated heterocycles. The Hall–Kier alpha value is -2.98. The van der Waals surface area contributed by atoms with E-state index in [4.69, 9.17) is 5.26 Å². The number of carbonyl (C=O) groups excluding carboxylic acids is 1. The fraction of sp³-hybridized carbons (Fsp3) is 0.200. The second-order valence-electron chi connectivity index (χ2n) is 6.10. The van der Waals surface area contributed by atoms with E-state index >= 15 is 0 Å². The van der Waals surface area contributed by atoms with Crippen LogP contribution < -0.4 is 5.32 Å². The molecule has 0 aliphatic carbocycles. The number of hydrogen-bond donors (Lipinski definition) is 1. The van der Waals surface area contributed by atoms with E-state index in [0.717, 1.165) is 21.4 Å². The number of carbonyl (C=O) groups is 1. The molecule has 3 aromatic rings. The highest BCUT2D eigenvalue weighted by molar-refractivity contribution is 9.10. The van der Waals surface area contributed by atoms with Crippen molar-refractivity contribution in [2.24, 2.45) is 0 Å². The lowest BCUT2D eigenvalue weighted by atomic mass is 10.1. The average Bonchev–Trinajstić information content (AvgIpc) is 2.98. The smallest absolute Gasteiger partial charge is 0.258 e. The Balaban J connectivity index is 1.83. The van der Waals surface area contributed by atoms with Crippen molar-refractivity contribution in [3.8, 4) is 17.3 Å². The van der Waals surface area contributed by atoms with E-state index < -0.39 is 0 Å². The van der Waals surface area contributed by atoms with Crippen LogP contribution in [0.3, 0.4) is 0 Å². The molecule has 27 heavy (non-hydrogen) atoms. The van der Waals surface area contributed by atoms with Crippen molar-refractivity contribution in [3.63, 3.8) is 0 Å². The van der Waals surface area contributed by atoms with Crippen LogP contribution in [0.1, 0.15) is 28.2 Å². The molecule has 0 bridgehead atoms. The second kappa shape index (κ2) is 8.14. The van der Waals surface area contributed by atoms with Gasteiger partial charge in [0.1, 0.15) is 5.82 Å². The molecule has 1 aromatic carbocycles. The summed E-state index contributed by atoms with van der Waals surface area (Å²) in [6, 6.07) is 15.3. The zero-order chi connectivity index (χ0) is 19.4. The molecule has 136 valence electrons. The molecule has 0 radical (unpaired) electrons. The number of nitriles is 1. The zero-order valence-corrected chi connectivity index (χ0v) is 16.6. The molecule has 0 spiro atoms. The summed E-state index contributed by atoms with van der Waals surface area (Å²) in [6.45, 7) is 4.09. The molecule has 0 aliphatic rings. The van der Waals surface area contributed by atoms with Gasteiger partial charge in [-0.25, -0.2) is 4.68 Å². The van der Waals surface area contributed by atoms with Crippen LogP contribution in [-0.4, -0.2) is 20.7 Å². The topological polar surface area (TPSA) is 83.6 Å². The molecular formula is C20H18BrN5O. The standard InChI is InChI=1S/C20H18BrN5O/c1-13-11-19(26(25-13)10-4-9-22)24-20(27)17-7-8-18(23-14(17)2)15-5-3-6-16(21)12-15/h3,5-8,11-12H,4,10H2,1-2H3,(H,24,27). The number of amides is 1. The summed E-state index contributed by atoms with van der Waals surface area (Å²) in [6.07, 6.45) is 0.325. The maximum absolute atomic E-state index is 12.7. The van der Waals surface area contributed by atoms with Crippen LogP contribution in [0.25, 0.3) is 11.3 Å². The summed E-state index contributed by atoms with van der Waals surface area (Å²) in [4.78, 5) is 17.3. The van der Waals surface area contributed by atoms with Gasteiger partial charge in [0, 0.05) is 16.1 Å². The molecule has 0 atom stereocenters. The molecule has 0 unspecified atom stereocenters. The summed E-state index contributed by atoms with van der Waals surface area (Å²) < 4.78 is 2.61. The van der Waals surface area contributed by atoms with Gasteiger partial charge in [-0.1, -0.05) is 28.1 Å². The van der Waals surface area contributed by atoms with Crippen molar-refractivity contribution in [3.05, 3.63) is 63.9 Å². The number of aromatic nitrogens is 3. The Bertz CT molecular complexity index is 1040. The predicted molar refractivity (Wildman–Crippen MR) is 107 cm³/mol. The average molecular weight is 424 g/mol. The molecule has 1 amide bonds. The van der Waals surface area contributed by atoms with Gasteiger partial charge in [0.05, 0.1) is 41.7 Å². The highest BCUT2D eigenvalue weighted by Crippen LogP contribution is 2.23. The minimum Gasteiger partial charge on any atom is -0.307 e. The maximum atomic E-state index is 12.7. The van der Waals surface area contributed by atoms with E-state index in [0.29, 0.717) is 30.0 Å². The lowest BCUT2D eigenvalue weighted by molar-refractivity contribution is 0.102. The van der Waals surface area contributed by atoms with E-state index in [1.54, 1.807) is 16.8 Å². The van der Waals surface area contributed by atoms with Crippen molar-refractivity contribution < 1.29 is 4.79 Å². The SMILES string of the molecule is Cc1cc(NC(=O)c2ccc(-c3cccc(Br)c3)nc2C)n(CCC#N)n1. The number of pyridine rings is 1. The number of rotatable bonds is 5. The van der Waals surface area contributed by atoms with Gasteiger partial charge in [-0.3, -0.25) is 9.78 Å². The third-order valence-corrected chi connectivity index (χ3v) is 4.52. The first-order valence-electron chi connectivity index (χ1n) is 8.44. The summed E-state index contributed by atoms with van der Waals surface area (Å²) >= 11 is 3.46. The van der Waals surface area contributed by atoms with Crippen LogP contribution >= 0.6 is 15.9 Å². The van der Waals surface area contributed by atoms with E-state index in [1.807, 2.05) is 44.2 Å². The molecule has 0 fully saturated rings. The molecule has 0 aliphatic heterocycles. The molecule has 1 N–H and O–H groups in total. The van der Waals surface area contributed by atoms with Crippen LogP contribution in [0.2, 0.25) is 0 Å². The lowest BCUT2D eigenvalue weighted by Crippen LogP contribution is -2.17. The summed E-state index contributed by atoms with van der Waals surface area (Å²) in [7, 11) is 0. The van der Waals surface area contributed by atoms with E-state index in [1.165, 1.54) is 0 Å². The van der Waals surface area contributed by atoms with Crippen LogP contribution in [0.4, 0.5) is 5.82 Å². The number of nitrogens with one attached hydrogen (secondary N) is 1. The molecular weight excluding hydrogens is 406 g/mol. The van der Waals surface area contributed by atoms with Gasteiger partial charge in [0.15, 0.2) is 0 Å². The predicted octanol–water partition coefficient (Wildman–Crippen LogP) is 4.49. The number of halogens is 1. The summed E-state index contributed by atoms with van der Waals surface area (Å²) in [5.41, 5.74) is 3.71. The third kappa shape index (κ3) is 4.41. The van der Waals surface area contributed by atoms with E-state index in [-0.39, 0.29) is 5.91 Å². The van der Waals surface area contributed by atoms with Gasteiger partial charge < -0.3 is 5.32 Å². The minimum absolute atomic E-state index is 0.251. The van der Waals surface area contributed by atoms with Crippen LogP contribution in [0, 0.1) is 25.2 Å². The molecule has 6 nitrogen and oxygen atoms in total. The van der Waals surface area contributed by atoms with Crippen molar-refractivity contribution >= 4 is 27.7 Å². The summed E-state index contributed by atoms with van der Waals surface area (Å²) in [5.74, 6) is 0.321. The van der Waals surface area contributed by atoms with Crippen molar-refractivity contribution in [1.29, 1.82) is 5.26 Å². The fourth-order valence-corrected chi connectivity index (χ4v) is 3.16. The van der Waals surface area contributed by atoms with Gasteiger partial charge in [-0.05, 0) is 38.1 Å². The van der Waals surface area contributed by atoms with Gasteiger partial charge >= 0.3 is 0 Å². The first-order valence-corrected chi connectivity index (χ1v) is 9.23. The highest BCUT2D eigenvalue weighted by atomic mass is 79.9. The zero-order valence-electron chi connectivity index (χ0n) is 15.0. The quantitative estimate of drug-likeness (QED) is 0.654. The van der Waals surface area contributed by atoms with Crippen LogP contribution in [-0.2, 0) is 6.54 Å². The first-order chi connectivity index (χ1) is 13.0. The number of aryl methyl sites for hydroxylation is 3. The summed E-state index contributed by atoms with van der Waals surface area (Å²) in [5, 5.41) is 15.9. The van der Waals surface area contributed by atoms with Crippen molar-refractivity contribution in [2.45, 2.75) is 26.8 Å². The molecule has 7 heteroatoms. The number of benzene rings is 1. The van der Waals surface area contributed by atoms with E-state index in [9.17, 15) is 4.79 Å². The third-order valence-electron chi connectivity index (χ3n) is 4.03. The Morgan fingerprint density at radius 1 is 1.26 bits per heavy atom. The van der Waals surface area contributed by atoms with Crippen LogP contribution in [0.5, 0.6) is 0 Å². The van der Waals surface area contributed by atoms with Gasteiger partial charge in [-0.15, -0.1) is 0 Å². The van der Waals surface area contributed by atoms with Gasteiger partial charge in [0.2, 0.25) is 0 Å². The molecule has 3 rings (SSSR count). The fourth-order valence-electron chi connectivity index (χ4n) is 2.77. The highest BCUT2D eigenvalue weighted by Gasteiger charge is 2.15. The number of nitrogens with zero attached hydrogens (tertiary/aromatic N) is 4. The Morgan fingerprint density at radius 2 is 2.07 bits per heavy atom. The monoisotopic (exact) mass is 423 g/mol. The van der Waals surface area contributed by atoms with Crippen LogP contribution in [0.15, 0.2) is 46.9 Å². The number of hydrogen-bond acceptors (Lipinski definition) is 4. The molecule has 2 aromatic heterocycles. The Kier molecular flexibility index (Phi) is 5.67. The normalized spacial score (nSPS) is 10.4. The first kappa shape index (κ1) is 18.8. The molecule has 0 saturated carbocycles. The van der Waals surface area contributed by atoms with Gasteiger partial charge in [0.25, 0.3) is 5.91 Å².